The number of nitrogens with zero attached hydrogens (tertiary/aromatic N) is 1. The molecule has 0 radical (unpaired) electrons. The van der Waals surface area contributed by atoms with Gasteiger partial charge in [-0.1, -0.05) is 53.7 Å². The quantitative estimate of drug-likeness (QED) is 0.106. The van der Waals surface area contributed by atoms with Crippen LogP contribution in [0.3, 0.4) is 0 Å². The zero-order valence-corrected chi connectivity index (χ0v) is 23.7. The molecule has 2 bridgehead atoms. The molecule has 3 aliphatic heterocycles. The number of likely N-dealkylation sites (N-methyl/N-ethyl adjacent to an activating group) is 1. The molecule has 0 spiro atoms. The van der Waals surface area contributed by atoms with Crippen molar-refractivity contribution in [1.82, 2.24) is 0 Å². The summed E-state index contributed by atoms with van der Waals surface area (Å²) >= 11 is 6.29. The van der Waals surface area contributed by atoms with Crippen molar-refractivity contribution in [1.29, 1.82) is 0 Å². The number of fused-ring (bicyclic) bond motifs is 5. The van der Waals surface area contributed by atoms with Gasteiger partial charge in [0.15, 0.2) is 0 Å². The highest BCUT2D eigenvalue weighted by Gasteiger charge is 2.72. The van der Waals surface area contributed by atoms with E-state index in [1.165, 1.54) is 74.2 Å². The minimum absolute atomic E-state index is 0.166. The van der Waals surface area contributed by atoms with Crippen LogP contribution in [0.4, 0.5) is 0 Å². The SMILES string of the molecule is C[N+]1(CCCCCCCCCBr)C2CC(OC(=O)C(O)(c3cccs3)c3cccs3)CC1C1OC12. The van der Waals surface area contributed by atoms with Crippen LogP contribution in [0.15, 0.2) is 35.0 Å². The lowest BCUT2D eigenvalue weighted by molar-refractivity contribution is -0.956. The van der Waals surface area contributed by atoms with Gasteiger partial charge in [0.1, 0.15) is 30.4 Å². The van der Waals surface area contributed by atoms with Gasteiger partial charge in [-0.3, -0.25) is 0 Å². The lowest BCUT2D eigenvalue weighted by Crippen LogP contribution is -2.63. The second-order valence-corrected chi connectivity index (χ2v) is 13.3. The second kappa shape index (κ2) is 10.9. The number of alkyl halides is 1. The summed E-state index contributed by atoms with van der Waals surface area (Å²) in [5.41, 5.74) is -1.73. The fourth-order valence-electron chi connectivity index (χ4n) is 6.44. The Morgan fingerprint density at radius 3 is 2.09 bits per heavy atom. The molecule has 0 saturated carbocycles. The van der Waals surface area contributed by atoms with Crippen LogP contribution >= 0.6 is 38.6 Å². The van der Waals surface area contributed by atoms with E-state index in [2.05, 4.69) is 23.0 Å². The molecule has 3 saturated heterocycles. The van der Waals surface area contributed by atoms with E-state index in [0.29, 0.717) is 34.0 Å². The van der Waals surface area contributed by atoms with Crippen molar-refractivity contribution in [2.45, 2.75) is 93.8 Å². The predicted octanol–water partition coefficient (Wildman–Crippen LogP) is 5.84. The van der Waals surface area contributed by atoms with Gasteiger partial charge in [-0.15, -0.1) is 22.7 Å². The third kappa shape index (κ3) is 5.04. The minimum atomic E-state index is -1.73. The number of quaternary nitrogens is 1. The van der Waals surface area contributed by atoms with Crippen molar-refractivity contribution in [3.63, 3.8) is 0 Å². The van der Waals surface area contributed by atoms with Crippen molar-refractivity contribution in [3.05, 3.63) is 44.8 Å². The van der Waals surface area contributed by atoms with Crippen LogP contribution < -0.4 is 0 Å². The molecule has 2 aromatic rings. The molecule has 1 N–H and O–H groups in total. The van der Waals surface area contributed by atoms with Crippen LogP contribution in [0, 0.1) is 0 Å². The summed E-state index contributed by atoms with van der Waals surface area (Å²) in [6.45, 7) is 1.18. The summed E-state index contributed by atoms with van der Waals surface area (Å²) < 4.78 is 13.2. The van der Waals surface area contributed by atoms with Crippen molar-refractivity contribution in [2.75, 3.05) is 18.9 Å². The first kappa shape index (κ1) is 25.9. The highest BCUT2D eigenvalue weighted by atomic mass is 79.9. The number of unbranched alkanes of at least 4 members (excludes halogenated alkanes) is 6. The summed E-state index contributed by atoms with van der Waals surface area (Å²) in [7, 11) is 2.40. The number of hydrogen-bond donors (Lipinski definition) is 1. The number of ether oxygens (including phenoxy) is 2. The lowest BCUT2D eigenvalue weighted by atomic mass is 9.94. The number of thiophene rings is 2. The molecule has 35 heavy (non-hydrogen) atoms. The zero-order valence-electron chi connectivity index (χ0n) is 20.4. The number of epoxide rings is 1. The molecule has 4 atom stereocenters. The van der Waals surface area contributed by atoms with Gasteiger partial charge in [0.25, 0.3) is 0 Å². The molecule has 5 heterocycles. The normalized spacial score (nSPS) is 31.3. The molecule has 5 rings (SSSR count). The van der Waals surface area contributed by atoms with E-state index in [4.69, 9.17) is 9.47 Å². The van der Waals surface area contributed by atoms with Gasteiger partial charge in [-0.05, 0) is 42.2 Å². The first-order chi connectivity index (χ1) is 17.0. The van der Waals surface area contributed by atoms with Crippen LogP contribution in [0.25, 0.3) is 0 Å². The van der Waals surface area contributed by atoms with Crippen LogP contribution in [-0.2, 0) is 19.9 Å². The Hall–Kier alpha value is -0.770. The molecular formula is C27H37BrNO4S2+. The number of esters is 1. The van der Waals surface area contributed by atoms with E-state index < -0.39 is 11.6 Å². The molecule has 0 aromatic carbocycles. The highest BCUT2D eigenvalue weighted by molar-refractivity contribution is 9.09. The number of aliphatic hydroxyl groups is 1. The average Bonchev–Trinajstić information content (AvgIpc) is 3.19. The van der Waals surface area contributed by atoms with E-state index in [0.717, 1.165) is 22.7 Å². The second-order valence-electron chi connectivity index (χ2n) is 10.6. The maximum Gasteiger partial charge on any atom is 0.349 e. The van der Waals surface area contributed by atoms with Crippen molar-refractivity contribution >= 4 is 44.6 Å². The standard InChI is InChI=1S/C27H37BrNO4S2/c1-29(14-8-6-4-2-3-5-7-13-28)20-17-19(18-21(29)25-24(20)33-25)32-26(30)27(31,22-11-9-15-34-22)23-12-10-16-35-23/h9-12,15-16,19-21,24-25,31H,2-8,13-14,17-18H2,1H3/q+1. The lowest BCUT2D eigenvalue weighted by Gasteiger charge is -2.48. The average molecular weight is 584 g/mol. The predicted molar refractivity (Wildman–Crippen MR) is 144 cm³/mol. The number of piperidine rings is 1. The maximum atomic E-state index is 13.5. The van der Waals surface area contributed by atoms with Crippen LogP contribution in [0.5, 0.6) is 0 Å². The first-order valence-corrected chi connectivity index (χ1v) is 15.9. The fraction of sp³-hybridized carbons (Fsp3) is 0.667. The molecule has 3 aliphatic rings. The molecule has 0 aliphatic carbocycles. The van der Waals surface area contributed by atoms with Gasteiger partial charge in [0.05, 0.1) is 23.3 Å². The largest absolute Gasteiger partial charge is 0.459 e. The maximum absolute atomic E-state index is 13.5. The highest BCUT2D eigenvalue weighted by Crippen LogP contribution is 2.53. The summed E-state index contributed by atoms with van der Waals surface area (Å²) in [5.74, 6) is -0.544. The third-order valence-electron chi connectivity index (χ3n) is 8.44. The minimum Gasteiger partial charge on any atom is -0.459 e. The topological polar surface area (TPSA) is 59.1 Å². The number of morpholine rings is 1. The van der Waals surface area contributed by atoms with E-state index in [1.54, 1.807) is 0 Å². The Morgan fingerprint density at radius 1 is 1.03 bits per heavy atom. The Balaban J connectivity index is 1.18. The van der Waals surface area contributed by atoms with Crippen LogP contribution in [0.2, 0.25) is 0 Å². The van der Waals surface area contributed by atoms with Gasteiger partial charge in [0.2, 0.25) is 5.60 Å². The number of carbonyl (C=O) groups is 1. The Bertz CT molecular complexity index is 914. The molecule has 8 heteroatoms. The monoisotopic (exact) mass is 582 g/mol. The first-order valence-electron chi connectivity index (χ1n) is 13.1. The molecule has 0 amide bonds. The molecule has 3 fully saturated rings. The van der Waals surface area contributed by atoms with Gasteiger partial charge in [0, 0.05) is 18.2 Å². The Labute approximate surface area is 225 Å². The number of rotatable bonds is 13. The Kier molecular flexibility index (Phi) is 8.07. The van der Waals surface area contributed by atoms with E-state index in [9.17, 15) is 9.90 Å². The third-order valence-corrected chi connectivity index (χ3v) is 11.0. The van der Waals surface area contributed by atoms with Crippen molar-refractivity contribution in [3.8, 4) is 0 Å². The number of halogens is 1. The van der Waals surface area contributed by atoms with Crippen LogP contribution in [0.1, 0.15) is 67.5 Å². The molecule has 4 unspecified atom stereocenters. The summed E-state index contributed by atoms with van der Waals surface area (Å²) in [5, 5.41) is 16.5. The smallest absolute Gasteiger partial charge is 0.349 e. The molecule has 5 nitrogen and oxygen atoms in total. The van der Waals surface area contributed by atoms with Gasteiger partial charge < -0.3 is 19.1 Å². The molecule has 192 valence electrons. The van der Waals surface area contributed by atoms with Crippen molar-refractivity contribution in [2.24, 2.45) is 0 Å². The molecular weight excluding hydrogens is 546 g/mol. The van der Waals surface area contributed by atoms with Gasteiger partial charge >= 0.3 is 5.97 Å². The van der Waals surface area contributed by atoms with E-state index in [1.807, 2.05) is 35.0 Å². The zero-order chi connectivity index (χ0) is 24.5. The van der Waals surface area contributed by atoms with Crippen LogP contribution in [-0.4, -0.2) is 64.9 Å². The number of carbonyl (C=O) groups excluding carboxylic acids is 1. The number of hydrogen-bond acceptors (Lipinski definition) is 6. The summed E-state index contributed by atoms with van der Waals surface area (Å²) in [6.07, 6.45) is 11.3. The summed E-state index contributed by atoms with van der Waals surface area (Å²) in [6, 6.07) is 8.12. The summed E-state index contributed by atoms with van der Waals surface area (Å²) in [4.78, 5) is 14.7. The Morgan fingerprint density at radius 2 is 1.57 bits per heavy atom. The van der Waals surface area contributed by atoms with Gasteiger partial charge in [-0.25, -0.2) is 4.79 Å². The molecule has 2 aromatic heterocycles. The van der Waals surface area contributed by atoms with Gasteiger partial charge in [-0.2, -0.15) is 0 Å². The van der Waals surface area contributed by atoms with E-state index in [-0.39, 0.29) is 6.10 Å². The fourth-order valence-corrected chi connectivity index (χ4v) is 8.55. The van der Waals surface area contributed by atoms with E-state index >= 15 is 0 Å². The van der Waals surface area contributed by atoms with Crippen molar-refractivity contribution < 1.29 is 23.9 Å².